The average molecular weight is 463 g/mol. The predicted octanol–water partition coefficient (Wildman–Crippen LogP) is 3.96. The lowest BCUT2D eigenvalue weighted by atomic mass is 10.0. The molecule has 0 bridgehead atoms. The zero-order chi connectivity index (χ0) is 23.7. The first-order valence-electron chi connectivity index (χ1n) is 11.3. The maximum Gasteiger partial charge on any atom is 0.410 e. The van der Waals surface area contributed by atoms with Gasteiger partial charge < -0.3 is 29.7 Å². The molecule has 9 heteroatoms. The molecule has 2 atom stereocenters. The molecule has 1 unspecified atom stereocenters. The van der Waals surface area contributed by atoms with Crippen LogP contribution in [0.15, 0.2) is 48.7 Å². The van der Waals surface area contributed by atoms with Gasteiger partial charge in [-0.15, -0.1) is 0 Å². The maximum atomic E-state index is 12.5. The van der Waals surface area contributed by atoms with Crippen molar-refractivity contribution in [1.82, 2.24) is 9.88 Å². The van der Waals surface area contributed by atoms with Gasteiger partial charge in [0.25, 0.3) is 5.91 Å². The Morgan fingerprint density at radius 3 is 2.91 bits per heavy atom. The molecule has 2 N–H and O–H groups in total. The van der Waals surface area contributed by atoms with Crippen LogP contribution in [0.2, 0.25) is 0 Å². The Morgan fingerprint density at radius 2 is 2.06 bits per heavy atom. The minimum atomic E-state index is -0.498. The summed E-state index contributed by atoms with van der Waals surface area (Å²) in [6.07, 6.45) is 1.30. The van der Waals surface area contributed by atoms with Crippen LogP contribution in [0.4, 0.5) is 16.2 Å². The summed E-state index contributed by atoms with van der Waals surface area (Å²) in [5, 5.41) is 7.09. The Kier molecular flexibility index (Phi) is 5.83. The van der Waals surface area contributed by atoms with E-state index < -0.39 is 6.10 Å². The molecule has 0 spiro atoms. The molecule has 2 aromatic carbocycles. The molecule has 176 valence electrons. The molecule has 9 nitrogen and oxygen atoms in total. The van der Waals surface area contributed by atoms with Gasteiger partial charge in [-0.25, -0.2) is 4.79 Å². The van der Waals surface area contributed by atoms with Crippen molar-refractivity contribution in [3.63, 3.8) is 0 Å². The van der Waals surface area contributed by atoms with Gasteiger partial charge in [-0.3, -0.25) is 9.78 Å². The fourth-order valence-corrected chi connectivity index (χ4v) is 4.23. The summed E-state index contributed by atoms with van der Waals surface area (Å²) < 4.78 is 16.6. The van der Waals surface area contributed by atoms with Crippen LogP contribution in [0.3, 0.4) is 0 Å². The van der Waals surface area contributed by atoms with E-state index in [1.807, 2.05) is 42.5 Å². The first-order valence-corrected chi connectivity index (χ1v) is 11.3. The van der Waals surface area contributed by atoms with E-state index in [4.69, 9.17) is 14.2 Å². The van der Waals surface area contributed by atoms with Crippen LogP contribution in [-0.2, 0) is 9.53 Å². The van der Waals surface area contributed by atoms with Crippen LogP contribution < -0.4 is 20.1 Å². The first-order chi connectivity index (χ1) is 16.5. The molecule has 5 rings (SSSR count). The van der Waals surface area contributed by atoms with Crippen molar-refractivity contribution in [2.75, 3.05) is 37.4 Å². The molecule has 34 heavy (non-hydrogen) atoms. The van der Waals surface area contributed by atoms with Crippen LogP contribution >= 0.6 is 0 Å². The van der Waals surface area contributed by atoms with Gasteiger partial charge in [0.05, 0.1) is 24.9 Å². The number of pyridine rings is 1. The molecule has 1 saturated heterocycles. The number of aromatic nitrogens is 1. The summed E-state index contributed by atoms with van der Waals surface area (Å²) in [5.74, 6) is 1.23. The number of cyclic esters (lactones) is 1. The lowest BCUT2D eigenvalue weighted by molar-refractivity contribution is -0.122. The van der Waals surface area contributed by atoms with Crippen molar-refractivity contribution in [2.45, 2.75) is 25.6 Å². The van der Waals surface area contributed by atoms with Crippen LogP contribution in [0.25, 0.3) is 10.9 Å². The van der Waals surface area contributed by atoms with Crippen molar-refractivity contribution < 1.29 is 23.8 Å². The Morgan fingerprint density at radius 1 is 1.18 bits per heavy atom. The predicted molar refractivity (Wildman–Crippen MR) is 127 cm³/mol. The SMILES string of the molecule is COc1ccc2nccc([C@@H]3CN(CCCNc4ccc5c(c4)NC(=O)C(C)O5)C(=O)O3)c2c1. The third-order valence-corrected chi connectivity index (χ3v) is 6.06. The summed E-state index contributed by atoms with van der Waals surface area (Å²) in [6.45, 7) is 3.42. The van der Waals surface area contributed by atoms with Crippen molar-refractivity contribution in [1.29, 1.82) is 0 Å². The molecule has 3 heterocycles. The number of benzene rings is 2. The highest BCUT2D eigenvalue weighted by molar-refractivity contribution is 5.98. The van der Waals surface area contributed by atoms with Gasteiger partial charge in [0.15, 0.2) is 6.10 Å². The first kappa shape index (κ1) is 21.8. The lowest BCUT2D eigenvalue weighted by Crippen LogP contribution is -2.34. The molecule has 0 saturated carbocycles. The molecule has 1 aromatic heterocycles. The smallest absolute Gasteiger partial charge is 0.410 e. The summed E-state index contributed by atoms with van der Waals surface area (Å²) >= 11 is 0. The van der Waals surface area contributed by atoms with E-state index in [1.54, 1.807) is 25.1 Å². The van der Waals surface area contributed by atoms with Crippen molar-refractivity contribution in [3.8, 4) is 11.5 Å². The quantitative estimate of drug-likeness (QED) is 0.513. The van der Waals surface area contributed by atoms with Crippen molar-refractivity contribution >= 4 is 34.3 Å². The number of methoxy groups -OCH3 is 1. The van der Waals surface area contributed by atoms with E-state index in [0.717, 1.165) is 34.3 Å². The van der Waals surface area contributed by atoms with Gasteiger partial charge in [0, 0.05) is 35.9 Å². The highest BCUT2D eigenvalue weighted by Crippen LogP contribution is 2.33. The van der Waals surface area contributed by atoms with Crippen molar-refractivity contribution in [3.05, 3.63) is 54.2 Å². The molecule has 2 aliphatic heterocycles. The third kappa shape index (κ3) is 4.28. The minimum absolute atomic E-state index is 0.160. The Labute approximate surface area is 197 Å². The van der Waals surface area contributed by atoms with Crippen LogP contribution in [0.5, 0.6) is 11.5 Å². The van der Waals surface area contributed by atoms with Crippen LogP contribution in [0, 0.1) is 0 Å². The lowest BCUT2D eigenvalue weighted by Gasteiger charge is -2.23. The molecule has 3 aromatic rings. The highest BCUT2D eigenvalue weighted by atomic mass is 16.6. The van der Waals surface area contributed by atoms with E-state index in [2.05, 4.69) is 15.6 Å². The Bertz CT molecular complexity index is 1250. The average Bonchev–Trinajstić information content (AvgIpc) is 3.22. The van der Waals surface area contributed by atoms with E-state index in [1.165, 1.54) is 0 Å². The molecule has 2 aliphatic rings. The van der Waals surface area contributed by atoms with Gasteiger partial charge in [-0.05, 0) is 55.8 Å². The molecule has 0 radical (unpaired) electrons. The molecular weight excluding hydrogens is 436 g/mol. The zero-order valence-electron chi connectivity index (χ0n) is 19.0. The fraction of sp³-hybridized carbons (Fsp3) is 0.320. The molecule has 2 amide bonds. The number of fused-ring (bicyclic) bond motifs is 2. The number of hydrogen-bond donors (Lipinski definition) is 2. The second-order valence-corrected chi connectivity index (χ2v) is 8.34. The van der Waals surface area contributed by atoms with Gasteiger partial charge in [-0.2, -0.15) is 0 Å². The van der Waals surface area contributed by atoms with Crippen LogP contribution in [0.1, 0.15) is 25.0 Å². The highest BCUT2D eigenvalue weighted by Gasteiger charge is 2.33. The summed E-state index contributed by atoms with van der Waals surface area (Å²) in [6, 6.07) is 13.2. The summed E-state index contributed by atoms with van der Waals surface area (Å²) in [7, 11) is 1.62. The Balaban J connectivity index is 1.17. The summed E-state index contributed by atoms with van der Waals surface area (Å²) in [4.78, 5) is 30.4. The van der Waals surface area contributed by atoms with Gasteiger partial charge in [-0.1, -0.05) is 0 Å². The normalized spacial score (nSPS) is 19.3. The largest absolute Gasteiger partial charge is 0.497 e. The number of carbonyl (C=O) groups is 2. The number of anilines is 2. The maximum absolute atomic E-state index is 12.5. The fourth-order valence-electron chi connectivity index (χ4n) is 4.23. The van der Waals surface area contributed by atoms with Crippen molar-refractivity contribution in [2.24, 2.45) is 0 Å². The number of nitrogens with one attached hydrogen (secondary N) is 2. The number of carbonyl (C=O) groups excluding carboxylic acids is 2. The molecule has 0 aliphatic carbocycles. The van der Waals surface area contributed by atoms with E-state index in [9.17, 15) is 9.59 Å². The monoisotopic (exact) mass is 462 g/mol. The summed E-state index contributed by atoms with van der Waals surface area (Å²) in [5.41, 5.74) is 3.28. The number of hydrogen-bond acceptors (Lipinski definition) is 7. The second-order valence-electron chi connectivity index (χ2n) is 8.34. The molecule has 1 fully saturated rings. The Hall–Kier alpha value is -4.01. The van der Waals surface area contributed by atoms with Crippen LogP contribution in [-0.4, -0.2) is 54.7 Å². The van der Waals surface area contributed by atoms with E-state index >= 15 is 0 Å². The second kappa shape index (κ2) is 9.09. The van der Waals surface area contributed by atoms with E-state index in [0.29, 0.717) is 31.1 Å². The van der Waals surface area contributed by atoms with E-state index in [-0.39, 0.29) is 18.1 Å². The third-order valence-electron chi connectivity index (χ3n) is 6.06. The minimum Gasteiger partial charge on any atom is -0.497 e. The number of nitrogens with zero attached hydrogens (tertiary/aromatic N) is 2. The van der Waals surface area contributed by atoms with Gasteiger partial charge in [0.1, 0.15) is 17.6 Å². The zero-order valence-corrected chi connectivity index (χ0v) is 19.0. The number of rotatable bonds is 7. The van der Waals surface area contributed by atoms with Gasteiger partial charge >= 0.3 is 6.09 Å². The molecular formula is C25H26N4O5. The topological polar surface area (TPSA) is 102 Å². The number of ether oxygens (including phenoxy) is 3. The number of amides is 2. The standard InChI is InChI=1S/C25H26N4O5/c1-15-24(30)28-21-12-16(4-7-22(21)33-15)26-9-3-11-29-14-23(34-25(29)31)18-8-10-27-20-6-5-17(32-2)13-19(18)20/h4-8,10,12-13,15,23,26H,3,9,11,14H2,1-2H3,(H,28,30)/t15?,23-/m0/s1. The van der Waals surface area contributed by atoms with Gasteiger partial charge in [0.2, 0.25) is 0 Å².